The van der Waals surface area contributed by atoms with E-state index < -0.39 is 11.5 Å². The third kappa shape index (κ3) is 3.06. The van der Waals surface area contributed by atoms with E-state index in [4.69, 9.17) is 5.11 Å². The van der Waals surface area contributed by atoms with Gasteiger partial charge in [-0.1, -0.05) is 25.7 Å². The van der Waals surface area contributed by atoms with Crippen molar-refractivity contribution in [2.45, 2.75) is 62.9 Å². The van der Waals surface area contributed by atoms with Gasteiger partial charge in [-0.2, -0.15) is 0 Å². The molecular weight excluding hydrogens is 260 g/mol. The predicted octanol–water partition coefficient (Wildman–Crippen LogP) is 1.33. The van der Waals surface area contributed by atoms with E-state index in [0.717, 1.165) is 38.5 Å². The molecule has 2 fully saturated rings. The SMILES string of the molecule is O=C(NC1(C(=O)O)CCCC1)N(CCO)C1CCCC1. The molecule has 0 aliphatic heterocycles. The smallest absolute Gasteiger partial charge is 0.329 e. The number of aliphatic hydroxyl groups is 1. The van der Waals surface area contributed by atoms with Gasteiger partial charge >= 0.3 is 12.0 Å². The first-order chi connectivity index (χ1) is 9.59. The molecule has 20 heavy (non-hydrogen) atoms. The number of carbonyl (C=O) groups is 2. The summed E-state index contributed by atoms with van der Waals surface area (Å²) in [6, 6.07) is -0.204. The van der Waals surface area contributed by atoms with Crippen LogP contribution in [0.1, 0.15) is 51.4 Å². The van der Waals surface area contributed by atoms with Crippen molar-refractivity contribution in [3.63, 3.8) is 0 Å². The lowest BCUT2D eigenvalue weighted by atomic mass is 9.98. The van der Waals surface area contributed by atoms with Gasteiger partial charge < -0.3 is 20.4 Å². The maximum Gasteiger partial charge on any atom is 0.329 e. The Kier molecular flexibility index (Phi) is 4.86. The second-order valence-corrected chi connectivity index (χ2v) is 5.88. The number of carboxylic acids is 1. The lowest BCUT2D eigenvalue weighted by molar-refractivity contribution is -0.144. The molecule has 0 atom stereocenters. The molecule has 2 amide bonds. The molecule has 2 aliphatic rings. The van der Waals surface area contributed by atoms with Gasteiger partial charge in [-0.15, -0.1) is 0 Å². The summed E-state index contributed by atoms with van der Waals surface area (Å²) in [6.45, 7) is 0.177. The van der Waals surface area contributed by atoms with Crippen LogP contribution < -0.4 is 5.32 Å². The summed E-state index contributed by atoms with van der Waals surface area (Å²) in [4.78, 5) is 25.5. The minimum absolute atomic E-state index is 0.0933. The Balaban J connectivity index is 2.05. The van der Waals surface area contributed by atoms with Crippen molar-refractivity contribution in [1.29, 1.82) is 0 Å². The molecule has 2 rings (SSSR count). The number of aliphatic carboxylic acids is 1. The van der Waals surface area contributed by atoms with Gasteiger partial charge in [-0.25, -0.2) is 9.59 Å². The van der Waals surface area contributed by atoms with E-state index in [1.165, 1.54) is 0 Å². The number of hydrogen-bond donors (Lipinski definition) is 3. The first-order valence-corrected chi connectivity index (χ1v) is 7.52. The highest BCUT2D eigenvalue weighted by atomic mass is 16.4. The molecular formula is C14H24N2O4. The third-order valence-electron chi connectivity index (χ3n) is 4.58. The van der Waals surface area contributed by atoms with Crippen LogP contribution in [0.25, 0.3) is 0 Å². The van der Waals surface area contributed by atoms with Crippen molar-refractivity contribution in [3.05, 3.63) is 0 Å². The van der Waals surface area contributed by atoms with Crippen LogP contribution >= 0.6 is 0 Å². The molecule has 0 heterocycles. The largest absolute Gasteiger partial charge is 0.480 e. The van der Waals surface area contributed by atoms with Crippen molar-refractivity contribution in [2.24, 2.45) is 0 Å². The van der Waals surface area contributed by atoms with Crippen molar-refractivity contribution < 1.29 is 19.8 Å². The number of nitrogens with zero attached hydrogens (tertiary/aromatic N) is 1. The molecule has 6 heteroatoms. The van der Waals surface area contributed by atoms with Crippen LogP contribution in [0.2, 0.25) is 0 Å². The normalized spacial score (nSPS) is 21.9. The maximum atomic E-state index is 12.4. The Morgan fingerprint density at radius 2 is 1.75 bits per heavy atom. The lowest BCUT2D eigenvalue weighted by Crippen LogP contribution is -2.58. The first kappa shape index (κ1) is 15.1. The number of rotatable bonds is 5. The van der Waals surface area contributed by atoms with Crippen molar-refractivity contribution in [2.75, 3.05) is 13.2 Å². The zero-order chi connectivity index (χ0) is 14.6. The predicted molar refractivity (Wildman–Crippen MR) is 73.4 cm³/mol. The Morgan fingerprint density at radius 3 is 2.25 bits per heavy atom. The van der Waals surface area contributed by atoms with E-state index in [0.29, 0.717) is 12.8 Å². The van der Waals surface area contributed by atoms with Crippen LogP contribution in [0.15, 0.2) is 0 Å². The highest BCUT2D eigenvalue weighted by molar-refractivity contribution is 5.86. The van der Waals surface area contributed by atoms with Gasteiger partial charge in [0, 0.05) is 12.6 Å². The molecule has 2 aliphatic carbocycles. The van der Waals surface area contributed by atoms with Gasteiger partial charge in [-0.05, 0) is 25.7 Å². The molecule has 0 saturated heterocycles. The van der Waals surface area contributed by atoms with Crippen LogP contribution in [0.3, 0.4) is 0 Å². The van der Waals surface area contributed by atoms with E-state index in [1.54, 1.807) is 4.90 Å². The van der Waals surface area contributed by atoms with Crippen LogP contribution in [0, 0.1) is 0 Å². The molecule has 0 spiro atoms. The standard InChI is InChI=1S/C14H24N2O4/c17-10-9-16(11-5-1-2-6-11)13(20)15-14(12(18)19)7-3-4-8-14/h11,17H,1-10H2,(H,15,20)(H,18,19). The number of amides is 2. The highest BCUT2D eigenvalue weighted by Crippen LogP contribution is 2.31. The Labute approximate surface area is 119 Å². The molecule has 0 unspecified atom stereocenters. The van der Waals surface area contributed by atoms with E-state index >= 15 is 0 Å². The minimum Gasteiger partial charge on any atom is -0.480 e. The van der Waals surface area contributed by atoms with Gasteiger partial charge in [0.25, 0.3) is 0 Å². The van der Waals surface area contributed by atoms with E-state index in [1.807, 2.05) is 0 Å². The number of hydrogen-bond acceptors (Lipinski definition) is 3. The number of aliphatic hydroxyl groups excluding tert-OH is 1. The van der Waals surface area contributed by atoms with Gasteiger partial charge in [0.2, 0.25) is 0 Å². The number of carboxylic acid groups (broad SMARTS) is 1. The summed E-state index contributed by atoms with van der Waals surface area (Å²) in [6.07, 6.45) is 6.69. The highest BCUT2D eigenvalue weighted by Gasteiger charge is 2.44. The molecule has 0 bridgehead atoms. The number of nitrogens with one attached hydrogen (secondary N) is 1. The van der Waals surface area contributed by atoms with Crippen LogP contribution in [-0.4, -0.2) is 51.8 Å². The average Bonchev–Trinajstić information content (AvgIpc) is 3.07. The van der Waals surface area contributed by atoms with Crippen molar-refractivity contribution in [3.8, 4) is 0 Å². The Hall–Kier alpha value is -1.30. The molecule has 0 radical (unpaired) electrons. The van der Waals surface area contributed by atoms with Crippen molar-refractivity contribution >= 4 is 12.0 Å². The van der Waals surface area contributed by atoms with Crippen molar-refractivity contribution in [1.82, 2.24) is 10.2 Å². The second kappa shape index (κ2) is 6.43. The number of carbonyl (C=O) groups excluding carboxylic acids is 1. The topological polar surface area (TPSA) is 89.9 Å². The fraction of sp³-hybridized carbons (Fsp3) is 0.857. The van der Waals surface area contributed by atoms with Gasteiger partial charge in [-0.3, -0.25) is 0 Å². The zero-order valence-corrected chi connectivity index (χ0v) is 11.8. The van der Waals surface area contributed by atoms with E-state index in [9.17, 15) is 14.7 Å². The summed E-state index contributed by atoms with van der Waals surface area (Å²) >= 11 is 0. The first-order valence-electron chi connectivity index (χ1n) is 7.52. The van der Waals surface area contributed by atoms with E-state index in [2.05, 4.69) is 5.32 Å². The Morgan fingerprint density at radius 1 is 1.15 bits per heavy atom. The summed E-state index contributed by atoms with van der Waals surface area (Å²) < 4.78 is 0. The summed E-state index contributed by atoms with van der Waals surface area (Å²) in [7, 11) is 0. The maximum absolute atomic E-state index is 12.4. The van der Waals surface area contributed by atoms with E-state index in [-0.39, 0.29) is 25.2 Å². The molecule has 2 saturated carbocycles. The zero-order valence-electron chi connectivity index (χ0n) is 11.8. The summed E-state index contributed by atoms with van der Waals surface area (Å²) in [5.74, 6) is -0.946. The molecule has 0 aromatic heterocycles. The fourth-order valence-electron chi connectivity index (χ4n) is 3.42. The fourth-order valence-corrected chi connectivity index (χ4v) is 3.42. The summed E-state index contributed by atoms with van der Waals surface area (Å²) in [5, 5.41) is 21.3. The monoisotopic (exact) mass is 284 g/mol. The number of urea groups is 1. The molecule has 0 aromatic rings. The quantitative estimate of drug-likeness (QED) is 0.710. The molecule has 0 aromatic carbocycles. The Bertz CT molecular complexity index is 360. The second-order valence-electron chi connectivity index (χ2n) is 5.88. The summed E-state index contributed by atoms with van der Waals surface area (Å²) in [5.41, 5.74) is -1.11. The third-order valence-corrected chi connectivity index (χ3v) is 4.58. The molecule has 114 valence electrons. The minimum atomic E-state index is -1.11. The molecule has 3 N–H and O–H groups in total. The van der Waals surface area contributed by atoms with Crippen LogP contribution in [0.4, 0.5) is 4.79 Å². The average molecular weight is 284 g/mol. The molecule has 6 nitrogen and oxygen atoms in total. The van der Waals surface area contributed by atoms with Crippen LogP contribution in [-0.2, 0) is 4.79 Å². The van der Waals surface area contributed by atoms with Gasteiger partial charge in [0.05, 0.1) is 6.61 Å². The van der Waals surface area contributed by atoms with Gasteiger partial charge in [0.1, 0.15) is 5.54 Å². The lowest BCUT2D eigenvalue weighted by Gasteiger charge is -2.33. The van der Waals surface area contributed by atoms with Gasteiger partial charge in [0.15, 0.2) is 0 Å². The van der Waals surface area contributed by atoms with Crippen LogP contribution in [0.5, 0.6) is 0 Å².